The Balaban J connectivity index is 1.66. The summed E-state index contributed by atoms with van der Waals surface area (Å²) in [5.41, 5.74) is 1.30. The third kappa shape index (κ3) is 5.97. The fraction of sp³-hybridized carbons (Fsp3) is 0.562. The topological polar surface area (TPSA) is 41.1 Å². The highest BCUT2D eigenvalue weighted by Crippen LogP contribution is 2.21. The minimum absolute atomic E-state index is 0.192. The molecule has 1 saturated carbocycles. The van der Waals surface area contributed by atoms with E-state index in [9.17, 15) is 4.79 Å². The largest absolute Gasteiger partial charge is 0.353 e. The maximum absolute atomic E-state index is 11.6. The van der Waals surface area contributed by atoms with Crippen LogP contribution in [0.1, 0.15) is 38.7 Å². The van der Waals surface area contributed by atoms with E-state index in [-0.39, 0.29) is 5.91 Å². The fourth-order valence-electron chi connectivity index (χ4n) is 1.81. The van der Waals surface area contributed by atoms with Crippen LogP contribution in [-0.2, 0) is 11.3 Å². The van der Waals surface area contributed by atoms with Crippen molar-refractivity contribution in [2.45, 2.75) is 56.6 Å². The Morgan fingerprint density at radius 2 is 2.00 bits per heavy atom. The monoisotopic (exact) mass is 292 g/mol. The summed E-state index contributed by atoms with van der Waals surface area (Å²) in [7, 11) is 0. The lowest BCUT2D eigenvalue weighted by Crippen LogP contribution is -2.25. The SMILES string of the molecule is CC(C)NCc1ccc(SCCC(=O)NC2CC2)cc1. The summed E-state index contributed by atoms with van der Waals surface area (Å²) in [6.07, 6.45) is 2.92. The number of rotatable bonds is 8. The molecule has 0 spiro atoms. The Morgan fingerprint density at radius 1 is 1.30 bits per heavy atom. The van der Waals surface area contributed by atoms with E-state index in [2.05, 4.69) is 48.7 Å². The second kappa shape index (κ2) is 7.70. The molecule has 0 saturated heterocycles. The van der Waals surface area contributed by atoms with Crippen molar-refractivity contribution < 1.29 is 4.79 Å². The number of amides is 1. The number of carbonyl (C=O) groups excluding carboxylic acids is 1. The molecule has 3 nitrogen and oxygen atoms in total. The van der Waals surface area contributed by atoms with Crippen molar-refractivity contribution in [2.75, 3.05) is 5.75 Å². The van der Waals surface area contributed by atoms with Crippen LogP contribution in [0, 0.1) is 0 Å². The van der Waals surface area contributed by atoms with Crippen LogP contribution < -0.4 is 10.6 Å². The molecule has 1 amide bonds. The van der Waals surface area contributed by atoms with Gasteiger partial charge in [-0.25, -0.2) is 0 Å². The lowest BCUT2D eigenvalue weighted by Gasteiger charge is -2.08. The van der Waals surface area contributed by atoms with Crippen molar-refractivity contribution in [3.8, 4) is 0 Å². The van der Waals surface area contributed by atoms with E-state index >= 15 is 0 Å². The molecule has 1 aliphatic carbocycles. The van der Waals surface area contributed by atoms with Crippen molar-refractivity contribution in [3.63, 3.8) is 0 Å². The molecular weight excluding hydrogens is 268 g/mol. The zero-order chi connectivity index (χ0) is 14.4. The van der Waals surface area contributed by atoms with Crippen LogP contribution >= 0.6 is 11.8 Å². The van der Waals surface area contributed by atoms with Gasteiger partial charge in [0, 0.05) is 35.7 Å². The van der Waals surface area contributed by atoms with Gasteiger partial charge < -0.3 is 10.6 Å². The Hall–Kier alpha value is -1.00. The summed E-state index contributed by atoms with van der Waals surface area (Å²) in [4.78, 5) is 12.8. The number of hydrogen-bond acceptors (Lipinski definition) is 3. The van der Waals surface area contributed by atoms with Crippen LogP contribution in [-0.4, -0.2) is 23.7 Å². The molecule has 110 valence electrons. The smallest absolute Gasteiger partial charge is 0.221 e. The van der Waals surface area contributed by atoms with E-state index in [4.69, 9.17) is 0 Å². The van der Waals surface area contributed by atoms with Gasteiger partial charge in [0.2, 0.25) is 5.91 Å². The zero-order valence-corrected chi connectivity index (χ0v) is 13.1. The van der Waals surface area contributed by atoms with Crippen LogP contribution in [0.2, 0.25) is 0 Å². The Kier molecular flexibility index (Phi) is 5.92. The lowest BCUT2D eigenvalue weighted by molar-refractivity contribution is -0.120. The molecule has 1 aliphatic rings. The maximum Gasteiger partial charge on any atom is 0.221 e. The number of hydrogen-bond donors (Lipinski definition) is 2. The van der Waals surface area contributed by atoms with Gasteiger partial charge in [0.15, 0.2) is 0 Å². The van der Waals surface area contributed by atoms with E-state index < -0.39 is 0 Å². The van der Waals surface area contributed by atoms with Crippen LogP contribution in [0.5, 0.6) is 0 Å². The molecule has 2 N–H and O–H groups in total. The maximum atomic E-state index is 11.6. The molecule has 1 aromatic rings. The van der Waals surface area contributed by atoms with E-state index in [1.54, 1.807) is 11.8 Å². The van der Waals surface area contributed by atoms with Gasteiger partial charge in [0.25, 0.3) is 0 Å². The summed E-state index contributed by atoms with van der Waals surface area (Å²) >= 11 is 1.75. The molecule has 0 aliphatic heterocycles. The first-order chi connectivity index (χ1) is 9.63. The molecular formula is C16H24N2OS. The van der Waals surface area contributed by atoms with Crippen LogP contribution in [0.15, 0.2) is 29.2 Å². The van der Waals surface area contributed by atoms with E-state index in [0.717, 1.165) is 25.1 Å². The van der Waals surface area contributed by atoms with Gasteiger partial charge in [-0.1, -0.05) is 26.0 Å². The van der Waals surface area contributed by atoms with Gasteiger partial charge >= 0.3 is 0 Å². The second-order valence-corrected chi connectivity index (χ2v) is 6.79. The first-order valence-corrected chi connectivity index (χ1v) is 8.36. The summed E-state index contributed by atoms with van der Waals surface area (Å²) in [6.45, 7) is 5.21. The standard InChI is InChI=1S/C16H24N2OS/c1-12(2)17-11-13-3-7-15(8-4-13)20-10-9-16(19)18-14-5-6-14/h3-4,7-8,12,14,17H,5-6,9-11H2,1-2H3,(H,18,19). The first-order valence-electron chi connectivity index (χ1n) is 7.38. The molecule has 1 aromatic carbocycles. The summed E-state index contributed by atoms with van der Waals surface area (Å²) < 4.78 is 0. The first kappa shape index (κ1) is 15.4. The molecule has 0 heterocycles. The predicted molar refractivity (Wildman–Crippen MR) is 84.9 cm³/mol. The predicted octanol–water partition coefficient (Wildman–Crippen LogP) is 2.95. The molecule has 0 unspecified atom stereocenters. The highest BCUT2D eigenvalue weighted by Gasteiger charge is 2.22. The average molecular weight is 292 g/mol. The molecule has 0 atom stereocenters. The lowest BCUT2D eigenvalue weighted by atomic mass is 10.2. The van der Waals surface area contributed by atoms with Crippen LogP contribution in [0.4, 0.5) is 0 Å². The molecule has 20 heavy (non-hydrogen) atoms. The van der Waals surface area contributed by atoms with Crippen LogP contribution in [0.25, 0.3) is 0 Å². The zero-order valence-electron chi connectivity index (χ0n) is 12.3. The van der Waals surface area contributed by atoms with Gasteiger partial charge in [-0.3, -0.25) is 4.79 Å². The molecule has 2 rings (SSSR count). The molecule has 1 fully saturated rings. The third-order valence-electron chi connectivity index (χ3n) is 3.18. The van der Waals surface area contributed by atoms with Gasteiger partial charge in [0.05, 0.1) is 0 Å². The molecule has 0 bridgehead atoms. The summed E-state index contributed by atoms with van der Waals surface area (Å²) in [5, 5.41) is 6.42. The van der Waals surface area contributed by atoms with Crippen LogP contribution in [0.3, 0.4) is 0 Å². The average Bonchev–Trinajstić information content (AvgIpc) is 3.21. The van der Waals surface area contributed by atoms with Gasteiger partial charge in [-0.05, 0) is 30.5 Å². The van der Waals surface area contributed by atoms with Crippen molar-refractivity contribution >= 4 is 17.7 Å². The third-order valence-corrected chi connectivity index (χ3v) is 4.19. The minimum atomic E-state index is 0.192. The van der Waals surface area contributed by atoms with Gasteiger partial charge in [0.1, 0.15) is 0 Å². The fourth-order valence-corrected chi connectivity index (χ4v) is 2.67. The minimum Gasteiger partial charge on any atom is -0.353 e. The normalized spacial score (nSPS) is 14.6. The molecule has 0 radical (unpaired) electrons. The number of benzene rings is 1. The summed E-state index contributed by atoms with van der Waals surface area (Å²) in [5.74, 6) is 1.04. The van der Waals surface area contributed by atoms with Crippen molar-refractivity contribution in [3.05, 3.63) is 29.8 Å². The van der Waals surface area contributed by atoms with E-state index in [1.165, 1.54) is 10.5 Å². The molecule has 4 heteroatoms. The Morgan fingerprint density at radius 3 is 2.60 bits per heavy atom. The Labute approximate surface area is 125 Å². The second-order valence-electron chi connectivity index (χ2n) is 5.62. The summed E-state index contributed by atoms with van der Waals surface area (Å²) in [6, 6.07) is 9.57. The van der Waals surface area contributed by atoms with E-state index in [0.29, 0.717) is 18.5 Å². The van der Waals surface area contributed by atoms with Crippen molar-refractivity contribution in [1.82, 2.24) is 10.6 Å². The Bertz CT molecular complexity index is 427. The number of nitrogens with one attached hydrogen (secondary N) is 2. The highest BCUT2D eigenvalue weighted by molar-refractivity contribution is 7.99. The molecule has 0 aromatic heterocycles. The van der Waals surface area contributed by atoms with E-state index in [1.807, 2.05) is 0 Å². The van der Waals surface area contributed by atoms with Crippen molar-refractivity contribution in [2.24, 2.45) is 0 Å². The van der Waals surface area contributed by atoms with Gasteiger partial charge in [-0.2, -0.15) is 0 Å². The highest BCUT2D eigenvalue weighted by atomic mass is 32.2. The number of thioether (sulfide) groups is 1. The quantitative estimate of drug-likeness (QED) is 0.724. The van der Waals surface area contributed by atoms with Crippen molar-refractivity contribution in [1.29, 1.82) is 0 Å². The number of carbonyl (C=O) groups is 1. The van der Waals surface area contributed by atoms with Gasteiger partial charge in [-0.15, -0.1) is 11.8 Å².